The normalized spacial score (nSPS) is 19.3. The molecule has 2 bridgehead atoms. The summed E-state index contributed by atoms with van der Waals surface area (Å²) in [4.78, 5) is 0. The highest BCUT2D eigenvalue weighted by Gasteiger charge is 2.46. The van der Waals surface area contributed by atoms with E-state index >= 15 is 0 Å². The van der Waals surface area contributed by atoms with Crippen LogP contribution in [-0.2, 0) is 0 Å². The van der Waals surface area contributed by atoms with Gasteiger partial charge < -0.3 is 28.4 Å². The minimum atomic E-state index is -0.106. The molecule has 0 aromatic heterocycles. The summed E-state index contributed by atoms with van der Waals surface area (Å²) in [5, 5.41) is 0. The van der Waals surface area contributed by atoms with Crippen LogP contribution in [0.15, 0.2) is 36.4 Å². The minimum Gasteiger partial charge on any atom is -0.497 e. The first-order valence-corrected chi connectivity index (χ1v) is 11.3. The Morgan fingerprint density at radius 3 is 1.50 bits per heavy atom. The molecule has 178 valence electrons. The second-order valence-corrected chi connectivity index (χ2v) is 8.70. The van der Waals surface area contributed by atoms with Crippen LogP contribution >= 0.6 is 0 Å². The van der Waals surface area contributed by atoms with Gasteiger partial charge in [-0.2, -0.15) is 0 Å². The van der Waals surface area contributed by atoms with Crippen molar-refractivity contribution in [3.05, 3.63) is 69.8 Å². The van der Waals surface area contributed by atoms with Crippen molar-refractivity contribution in [1.29, 1.82) is 0 Å². The molecule has 0 fully saturated rings. The lowest BCUT2D eigenvalue weighted by Crippen LogP contribution is -2.20. The summed E-state index contributed by atoms with van der Waals surface area (Å²) in [6, 6.07) is 12.4. The fourth-order valence-electron chi connectivity index (χ4n) is 5.84. The van der Waals surface area contributed by atoms with E-state index in [-0.39, 0.29) is 17.8 Å². The first-order valence-electron chi connectivity index (χ1n) is 11.3. The molecule has 3 aliphatic carbocycles. The molecular weight excluding hydrogens is 432 g/mol. The average Bonchev–Trinajstić information content (AvgIpc) is 3.05. The minimum absolute atomic E-state index is 0.0189. The van der Waals surface area contributed by atoms with Crippen molar-refractivity contribution in [2.45, 2.75) is 24.7 Å². The highest BCUT2D eigenvalue weighted by molar-refractivity contribution is 5.72. The van der Waals surface area contributed by atoms with Gasteiger partial charge in [0.1, 0.15) is 23.0 Å². The van der Waals surface area contributed by atoms with Gasteiger partial charge >= 0.3 is 0 Å². The van der Waals surface area contributed by atoms with Gasteiger partial charge in [0.2, 0.25) is 0 Å². The molecule has 0 amide bonds. The summed E-state index contributed by atoms with van der Waals surface area (Å²) in [5.41, 5.74) is 6.99. The van der Waals surface area contributed by atoms with Gasteiger partial charge in [-0.1, -0.05) is 6.92 Å². The van der Waals surface area contributed by atoms with Crippen LogP contribution in [0, 0.1) is 0 Å². The summed E-state index contributed by atoms with van der Waals surface area (Å²) < 4.78 is 34.6. The average molecular weight is 463 g/mol. The van der Waals surface area contributed by atoms with Crippen LogP contribution in [0.3, 0.4) is 0 Å². The van der Waals surface area contributed by atoms with Crippen LogP contribution in [0.2, 0.25) is 0 Å². The van der Waals surface area contributed by atoms with E-state index in [4.69, 9.17) is 28.4 Å². The molecule has 6 heteroatoms. The highest BCUT2D eigenvalue weighted by atomic mass is 16.5. The molecule has 0 radical (unpaired) electrons. The molecule has 6 nitrogen and oxygen atoms in total. The van der Waals surface area contributed by atoms with E-state index in [1.807, 2.05) is 12.1 Å². The largest absolute Gasteiger partial charge is 0.497 e. The molecule has 0 saturated carbocycles. The van der Waals surface area contributed by atoms with Gasteiger partial charge in [0.25, 0.3) is 0 Å². The standard InChI is InChI=1S/C28H30O6/c1-14-17-12-21(31-4)22(32-5)13-18(17)26-20-9-16(30-3)10-23(33-6)27(20)25(14)19-8-15(29-2)11-24(34-7)28(19)26/h8-14,25-26H,1-7H3. The van der Waals surface area contributed by atoms with Crippen molar-refractivity contribution in [2.24, 2.45) is 0 Å². The van der Waals surface area contributed by atoms with Gasteiger partial charge in [-0.15, -0.1) is 0 Å². The molecular formula is C28H30O6. The maximum Gasteiger partial charge on any atom is 0.161 e. The Morgan fingerprint density at radius 1 is 0.471 bits per heavy atom. The second-order valence-electron chi connectivity index (χ2n) is 8.70. The second kappa shape index (κ2) is 8.35. The molecule has 34 heavy (non-hydrogen) atoms. The first-order chi connectivity index (χ1) is 16.5. The van der Waals surface area contributed by atoms with Crippen molar-refractivity contribution < 1.29 is 28.4 Å². The molecule has 3 aliphatic rings. The van der Waals surface area contributed by atoms with Gasteiger partial charge in [0, 0.05) is 35.1 Å². The first kappa shape index (κ1) is 22.3. The third kappa shape index (κ3) is 3.01. The number of hydrogen-bond acceptors (Lipinski definition) is 6. The zero-order chi connectivity index (χ0) is 24.1. The van der Waals surface area contributed by atoms with E-state index in [2.05, 4.69) is 31.2 Å². The van der Waals surface area contributed by atoms with Crippen LogP contribution in [-0.4, -0.2) is 42.7 Å². The van der Waals surface area contributed by atoms with Crippen molar-refractivity contribution in [1.82, 2.24) is 0 Å². The molecule has 3 aromatic rings. The lowest BCUT2D eigenvalue weighted by Gasteiger charge is -2.35. The SMILES string of the molecule is COc1cc(OC)c2c(c1)C1c3cc(OC)c(OC)cc3C(C)C2c2cc(OC)cc(OC)c21. The highest BCUT2D eigenvalue weighted by Crippen LogP contribution is 2.62. The van der Waals surface area contributed by atoms with Gasteiger partial charge in [-0.3, -0.25) is 0 Å². The van der Waals surface area contributed by atoms with Crippen LogP contribution < -0.4 is 28.4 Å². The Bertz CT molecular complexity index is 1260. The maximum absolute atomic E-state index is 5.94. The van der Waals surface area contributed by atoms with Crippen LogP contribution in [0.5, 0.6) is 34.5 Å². The number of hydrogen-bond donors (Lipinski definition) is 0. The zero-order valence-electron chi connectivity index (χ0n) is 20.6. The summed E-state index contributed by atoms with van der Waals surface area (Å²) in [5.74, 6) is 4.59. The van der Waals surface area contributed by atoms with Gasteiger partial charge in [-0.25, -0.2) is 0 Å². The number of methoxy groups -OCH3 is 6. The molecule has 0 spiro atoms. The van der Waals surface area contributed by atoms with Gasteiger partial charge in [0.15, 0.2) is 11.5 Å². The van der Waals surface area contributed by atoms with Crippen molar-refractivity contribution in [3.63, 3.8) is 0 Å². The lowest BCUT2D eigenvalue weighted by atomic mass is 9.70. The topological polar surface area (TPSA) is 55.4 Å². The molecule has 6 rings (SSSR count). The molecule has 0 heterocycles. The number of benzene rings is 3. The molecule has 0 aliphatic heterocycles. The van der Waals surface area contributed by atoms with Crippen LogP contribution in [0.1, 0.15) is 58.1 Å². The van der Waals surface area contributed by atoms with Crippen molar-refractivity contribution in [3.8, 4) is 34.5 Å². The van der Waals surface area contributed by atoms with E-state index in [9.17, 15) is 0 Å². The van der Waals surface area contributed by atoms with E-state index in [1.54, 1.807) is 42.7 Å². The quantitative estimate of drug-likeness (QED) is 0.484. The molecule has 3 aromatic carbocycles. The molecule has 3 atom stereocenters. The zero-order valence-corrected chi connectivity index (χ0v) is 20.6. The third-order valence-electron chi connectivity index (χ3n) is 7.34. The predicted molar refractivity (Wildman–Crippen MR) is 130 cm³/mol. The van der Waals surface area contributed by atoms with Crippen LogP contribution in [0.4, 0.5) is 0 Å². The Kier molecular flexibility index (Phi) is 5.47. The van der Waals surface area contributed by atoms with Gasteiger partial charge in [0.05, 0.1) is 42.7 Å². The van der Waals surface area contributed by atoms with Crippen molar-refractivity contribution >= 4 is 0 Å². The fraction of sp³-hybridized carbons (Fsp3) is 0.357. The van der Waals surface area contributed by atoms with E-state index in [0.717, 1.165) is 51.0 Å². The Balaban J connectivity index is 1.95. The Labute approximate surface area is 200 Å². The Hall–Kier alpha value is -3.54. The van der Waals surface area contributed by atoms with E-state index < -0.39 is 0 Å². The third-order valence-corrected chi connectivity index (χ3v) is 7.34. The van der Waals surface area contributed by atoms with Gasteiger partial charge in [-0.05, 0) is 52.4 Å². The molecule has 0 saturated heterocycles. The number of ether oxygens (including phenoxy) is 6. The lowest BCUT2D eigenvalue weighted by molar-refractivity contribution is 0.353. The molecule has 3 unspecified atom stereocenters. The summed E-state index contributed by atoms with van der Waals surface area (Å²) in [7, 11) is 10.1. The Morgan fingerprint density at radius 2 is 0.971 bits per heavy atom. The smallest absolute Gasteiger partial charge is 0.161 e. The molecule has 0 N–H and O–H groups in total. The predicted octanol–water partition coefficient (Wildman–Crippen LogP) is 5.48. The maximum atomic E-state index is 5.94. The summed E-state index contributed by atoms with van der Waals surface area (Å²) in [6.45, 7) is 2.26. The van der Waals surface area contributed by atoms with E-state index in [0.29, 0.717) is 5.75 Å². The summed E-state index contributed by atoms with van der Waals surface area (Å²) >= 11 is 0. The summed E-state index contributed by atoms with van der Waals surface area (Å²) in [6.07, 6.45) is 0. The van der Waals surface area contributed by atoms with E-state index in [1.165, 1.54) is 11.1 Å². The van der Waals surface area contributed by atoms with Crippen molar-refractivity contribution in [2.75, 3.05) is 42.7 Å². The van der Waals surface area contributed by atoms with Crippen LogP contribution in [0.25, 0.3) is 0 Å². The number of rotatable bonds is 6. The fourth-order valence-corrected chi connectivity index (χ4v) is 5.84. The monoisotopic (exact) mass is 462 g/mol.